The van der Waals surface area contributed by atoms with E-state index in [1.165, 1.54) is 18.0 Å². The van der Waals surface area contributed by atoms with Crippen LogP contribution in [-0.4, -0.2) is 15.9 Å². The van der Waals surface area contributed by atoms with E-state index >= 15 is 0 Å². The lowest BCUT2D eigenvalue weighted by Crippen LogP contribution is -2.13. The molecule has 5 nitrogen and oxygen atoms in total. The van der Waals surface area contributed by atoms with E-state index in [4.69, 9.17) is 11.6 Å². The van der Waals surface area contributed by atoms with Gasteiger partial charge in [-0.25, -0.2) is 9.97 Å². The van der Waals surface area contributed by atoms with Crippen molar-refractivity contribution in [3.8, 4) is 0 Å². The first-order chi connectivity index (χ1) is 13.0. The summed E-state index contributed by atoms with van der Waals surface area (Å²) in [5.41, 5.74) is 3.44. The van der Waals surface area contributed by atoms with E-state index in [2.05, 4.69) is 34.4 Å². The zero-order valence-corrected chi connectivity index (χ0v) is 16.0. The molecule has 0 saturated carbocycles. The Bertz CT molecular complexity index is 891. The number of rotatable bonds is 6. The van der Waals surface area contributed by atoms with E-state index in [1.807, 2.05) is 48.5 Å². The van der Waals surface area contributed by atoms with Crippen LogP contribution in [0.2, 0.25) is 5.02 Å². The summed E-state index contributed by atoms with van der Waals surface area (Å²) in [5.74, 6) is 0.676. The Morgan fingerprint density at radius 2 is 1.63 bits per heavy atom. The summed E-state index contributed by atoms with van der Waals surface area (Å²) in [6.45, 7) is 4.84. The van der Waals surface area contributed by atoms with E-state index < -0.39 is 0 Å². The van der Waals surface area contributed by atoms with Crippen molar-refractivity contribution in [1.82, 2.24) is 9.97 Å². The number of carbonyl (C=O) groups is 1. The van der Waals surface area contributed by atoms with Crippen molar-refractivity contribution in [2.24, 2.45) is 0 Å². The van der Waals surface area contributed by atoms with Crippen LogP contribution < -0.4 is 10.6 Å². The maximum atomic E-state index is 12.3. The van der Waals surface area contributed by atoms with Gasteiger partial charge in [0.25, 0.3) is 5.91 Å². The molecule has 138 valence electrons. The molecular weight excluding hydrogens is 360 g/mol. The minimum atomic E-state index is -0.239. The second-order valence-electron chi connectivity index (χ2n) is 6.51. The molecule has 3 rings (SSSR count). The Balaban J connectivity index is 1.57. The molecule has 2 N–H and O–H groups in total. The normalized spacial score (nSPS) is 10.7. The Hall–Kier alpha value is -2.92. The molecule has 0 radical (unpaired) electrons. The quantitative estimate of drug-likeness (QED) is 0.623. The highest BCUT2D eigenvalue weighted by atomic mass is 35.5. The number of nitrogens with one attached hydrogen (secondary N) is 2. The van der Waals surface area contributed by atoms with Gasteiger partial charge in [0.2, 0.25) is 5.95 Å². The first-order valence-electron chi connectivity index (χ1n) is 8.73. The highest BCUT2D eigenvalue weighted by molar-refractivity contribution is 6.30. The lowest BCUT2D eigenvalue weighted by molar-refractivity contribution is 0.102. The number of halogens is 1. The molecule has 3 aromatic rings. The van der Waals surface area contributed by atoms with Gasteiger partial charge < -0.3 is 10.6 Å². The summed E-state index contributed by atoms with van der Waals surface area (Å²) in [6, 6.07) is 15.4. The first kappa shape index (κ1) is 18.9. The Morgan fingerprint density at radius 1 is 1.00 bits per heavy atom. The highest BCUT2D eigenvalue weighted by Gasteiger charge is 2.08. The van der Waals surface area contributed by atoms with Crippen LogP contribution >= 0.6 is 11.6 Å². The van der Waals surface area contributed by atoms with E-state index in [0.717, 1.165) is 11.3 Å². The van der Waals surface area contributed by atoms with Crippen LogP contribution in [0.5, 0.6) is 0 Å². The second kappa shape index (κ2) is 8.64. The molecule has 1 heterocycles. The van der Waals surface area contributed by atoms with E-state index in [0.29, 0.717) is 29.0 Å². The average molecular weight is 381 g/mol. The summed E-state index contributed by atoms with van der Waals surface area (Å²) in [5, 5.41) is 6.67. The van der Waals surface area contributed by atoms with Crippen LogP contribution in [0.1, 0.15) is 41.3 Å². The molecule has 6 heteroatoms. The smallest absolute Gasteiger partial charge is 0.258 e. The molecule has 27 heavy (non-hydrogen) atoms. The number of anilines is 2. The molecule has 0 spiro atoms. The van der Waals surface area contributed by atoms with E-state index in [9.17, 15) is 4.79 Å². The number of hydrogen-bond donors (Lipinski definition) is 2. The maximum Gasteiger partial charge on any atom is 0.258 e. The largest absolute Gasteiger partial charge is 0.350 e. The number of aromatic nitrogens is 2. The molecule has 0 bridgehead atoms. The average Bonchev–Trinajstić information content (AvgIpc) is 2.68. The Morgan fingerprint density at radius 3 is 2.22 bits per heavy atom. The molecular formula is C21H21ClN4O. The van der Waals surface area contributed by atoms with Gasteiger partial charge in [0.05, 0.1) is 5.56 Å². The van der Waals surface area contributed by atoms with E-state index in [-0.39, 0.29) is 5.91 Å². The molecule has 0 aliphatic carbocycles. The fraction of sp³-hybridized carbons (Fsp3) is 0.190. The summed E-state index contributed by atoms with van der Waals surface area (Å²) in [6.07, 6.45) is 3.02. The van der Waals surface area contributed by atoms with Gasteiger partial charge in [0.1, 0.15) is 0 Å². The van der Waals surface area contributed by atoms with Crippen molar-refractivity contribution in [3.63, 3.8) is 0 Å². The Kier molecular flexibility index (Phi) is 6.04. The number of hydrogen-bond acceptors (Lipinski definition) is 4. The van der Waals surface area contributed by atoms with Crippen LogP contribution in [-0.2, 0) is 6.54 Å². The fourth-order valence-electron chi connectivity index (χ4n) is 2.47. The standard InChI is InChI=1S/C21H21ClN4O/c1-14(2)16-5-9-19(10-6-16)26-20(27)17-12-24-21(25-13-17)23-11-15-3-7-18(22)8-4-15/h3-10,12-14H,11H2,1-2H3,(H,26,27)(H,23,24,25). The van der Waals surface area contributed by atoms with Gasteiger partial charge in [-0.15, -0.1) is 0 Å². The zero-order valence-electron chi connectivity index (χ0n) is 15.2. The fourth-order valence-corrected chi connectivity index (χ4v) is 2.60. The van der Waals surface area contributed by atoms with Gasteiger partial charge in [-0.1, -0.05) is 49.7 Å². The maximum absolute atomic E-state index is 12.3. The van der Waals surface area contributed by atoms with Gasteiger partial charge in [0.15, 0.2) is 0 Å². The molecule has 0 atom stereocenters. The number of carbonyl (C=O) groups excluding carboxylic acids is 1. The van der Waals surface area contributed by atoms with Crippen LogP contribution in [0, 0.1) is 0 Å². The molecule has 1 amide bonds. The number of benzene rings is 2. The zero-order chi connectivity index (χ0) is 19.2. The van der Waals surface area contributed by atoms with Crippen LogP contribution in [0.25, 0.3) is 0 Å². The molecule has 0 aliphatic rings. The summed E-state index contributed by atoms with van der Waals surface area (Å²) in [7, 11) is 0. The van der Waals surface area contributed by atoms with Gasteiger partial charge in [-0.05, 0) is 41.3 Å². The molecule has 0 unspecified atom stereocenters. The third kappa shape index (κ3) is 5.28. The van der Waals surface area contributed by atoms with Crippen LogP contribution in [0.15, 0.2) is 60.9 Å². The lowest BCUT2D eigenvalue weighted by Gasteiger charge is -2.09. The van der Waals surface area contributed by atoms with Gasteiger partial charge >= 0.3 is 0 Å². The predicted octanol–water partition coefficient (Wildman–Crippen LogP) is 5.12. The van der Waals surface area contributed by atoms with Crippen molar-refractivity contribution in [2.75, 3.05) is 10.6 Å². The molecule has 1 aromatic heterocycles. The molecule has 0 fully saturated rings. The van der Waals surface area contributed by atoms with Crippen LogP contribution in [0.4, 0.5) is 11.6 Å². The molecule has 2 aromatic carbocycles. The van der Waals surface area contributed by atoms with Crippen molar-refractivity contribution >= 4 is 29.1 Å². The van der Waals surface area contributed by atoms with Crippen molar-refractivity contribution < 1.29 is 4.79 Å². The minimum absolute atomic E-state index is 0.239. The SMILES string of the molecule is CC(C)c1ccc(NC(=O)c2cnc(NCc3ccc(Cl)cc3)nc2)cc1. The topological polar surface area (TPSA) is 66.9 Å². The number of amides is 1. The molecule has 0 saturated heterocycles. The third-order valence-electron chi connectivity index (χ3n) is 4.11. The van der Waals surface area contributed by atoms with E-state index in [1.54, 1.807) is 0 Å². The summed E-state index contributed by atoms with van der Waals surface area (Å²) < 4.78 is 0. The summed E-state index contributed by atoms with van der Waals surface area (Å²) in [4.78, 5) is 20.7. The monoisotopic (exact) mass is 380 g/mol. The minimum Gasteiger partial charge on any atom is -0.350 e. The first-order valence-corrected chi connectivity index (χ1v) is 9.11. The predicted molar refractivity (Wildman–Crippen MR) is 109 cm³/mol. The second-order valence-corrected chi connectivity index (χ2v) is 6.94. The van der Waals surface area contributed by atoms with Crippen molar-refractivity contribution in [3.05, 3.63) is 82.6 Å². The van der Waals surface area contributed by atoms with Crippen molar-refractivity contribution in [1.29, 1.82) is 0 Å². The Labute approximate surface area is 163 Å². The van der Waals surface area contributed by atoms with Gasteiger partial charge in [-0.3, -0.25) is 4.79 Å². The molecule has 0 aliphatic heterocycles. The summed E-state index contributed by atoms with van der Waals surface area (Å²) >= 11 is 5.87. The highest BCUT2D eigenvalue weighted by Crippen LogP contribution is 2.17. The van der Waals surface area contributed by atoms with Crippen molar-refractivity contribution in [2.45, 2.75) is 26.3 Å². The van der Waals surface area contributed by atoms with Gasteiger partial charge in [0, 0.05) is 29.6 Å². The van der Waals surface area contributed by atoms with Gasteiger partial charge in [-0.2, -0.15) is 0 Å². The van der Waals surface area contributed by atoms with Crippen LogP contribution in [0.3, 0.4) is 0 Å². The third-order valence-corrected chi connectivity index (χ3v) is 4.37. The number of nitrogens with zero attached hydrogens (tertiary/aromatic N) is 2. The lowest BCUT2D eigenvalue weighted by atomic mass is 10.0.